The van der Waals surface area contributed by atoms with Gasteiger partial charge in [0, 0.05) is 35.8 Å². The second-order valence-electron chi connectivity index (χ2n) is 4.58. The maximum atomic E-state index is 11.9. The highest BCUT2D eigenvalue weighted by molar-refractivity contribution is 9.10. The van der Waals surface area contributed by atoms with Crippen molar-refractivity contribution >= 4 is 27.5 Å². The van der Waals surface area contributed by atoms with E-state index in [4.69, 9.17) is 0 Å². The summed E-state index contributed by atoms with van der Waals surface area (Å²) in [5.74, 6) is 0.0473. The van der Waals surface area contributed by atoms with E-state index in [1.54, 1.807) is 0 Å². The van der Waals surface area contributed by atoms with Crippen LogP contribution in [0.2, 0.25) is 0 Å². The molecule has 0 aromatic heterocycles. The quantitative estimate of drug-likeness (QED) is 0.892. The average molecular weight is 312 g/mol. The number of carbonyl (C=O) groups is 1. The van der Waals surface area contributed by atoms with Gasteiger partial charge in [0.25, 0.3) is 0 Å². The number of carbonyl (C=O) groups excluding carboxylic acids is 1. The van der Waals surface area contributed by atoms with Crippen LogP contribution in [0.4, 0.5) is 5.69 Å². The highest BCUT2D eigenvalue weighted by atomic mass is 79.9. The SMILES string of the molecule is C[C@@H]1CNCCN1CC(=O)Nc1ccc(Br)cc1. The number of amides is 1. The lowest BCUT2D eigenvalue weighted by Crippen LogP contribution is -2.51. The molecule has 1 heterocycles. The van der Waals surface area contributed by atoms with Crippen molar-refractivity contribution in [3.8, 4) is 0 Å². The molecule has 18 heavy (non-hydrogen) atoms. The number of halogens is 1. The normalized spacial score (nSPS) is 20.7. The Morgan fingerprint density at radius 3 is 2.89 bits per heavy atom. The van der Waals surface area contributed by atoms with Gasteiger partial charge in [0.15, 0.2) is 0 Å². The van der Waals surface area contributed by atoms with Crippen LogP contribution < -0.4 is 10.6 Å². The third-order valence-corrected chi connectivity index (χ3v) is 3.64. The molecule has 98 valence electrons. The van der Waals surface area contributed by atoms with Gasteiger partial charge in [-0.15, -0.1) is 0 Å². The fourth-order valence-electron chi connectivity index (χ4n) is 2.04. The summed E-state index contributed by atoms with van der Waals surface area (Å²) < 4.78 is 1.01. The second kappa shape index (κ2) is 6.31. The van der Waals surface area contributed by atoms with Crippen molar-refractivity contribution in [2.24, 2.45) is 0 Å². The van der Waals surface area contributed by atoms with E-state index in [2.05, 4.69) is 38.4 Å². The second-order valence-corrected chi connectivity index (χ2v) is 5.49. The summed E-state index contributed by atoms with van der Waals surface area (Å²) in [6, 6.07) is 8.03. The van der Waals surface area contributed by atoms with E-state index in [-0.39, 0.29) is 5.91 Å². The predicted molar refractivity (Wildman–Crippen MR) is 76.7 cm³/mol. The fourth-order valence-corrected chi connectivity index (χ4v) is 2.30. The molecule has 0 spiro atoms. The van der Waals surface area contributed by atoms with Crippen molar-refractivity contribution in [3.05, 3.63) is 28.7 Å². The van der Waals surface area contributed by atoms with E-state index in [1.165, 1.54) is 0 Å². The first kappa shape index (κ1) is 13.5. The molecule has 0 radical (unpaired) electrons. The van der Waals surface area contributed by atoms with E-state index in [0.29, 0.717) is 12.6 Å². The lowest BCUT2D eigenvalue weighted by atomic mass is 10.2. The van der Waals surface area contributed by atoms with Gasteiger partial charge in [0.1, 0.15) is 0 Å². The van der Waals surface area contributed by atoms with E-state index in [9.17, 15) is 4.79 Å². The first-order valence-corrected chi connectivity index (χ1v) is 6.94. The number of benzene rings is 1. The van der Waals surface area contributed by atoms with Crippen molar-refractivity contribution in [1.82, 2.24) is 10.2 Å². The Labute approximate surface area is 116 Å². The summed E-state index contributed by atoms with van der Waals surface area (Å²) in [4.78, 5) is 14.1. The van der Waals surface area contributed by atoms with Crippen LogP contribution in [0.3, 0.4) is 0 Å². The van der Waals surface area contributed by atoms with Crippen LogP contribution in [-0.2, 0) is 4.79 Å². The van der Waals surface area contributed by atoms with Crippen molar-refractivity contribution in [1.29, 1.82) is 0 Å². The molecule has 1 aliphatic heterocycles. The van der Waals surface area contributed by atoms with Gasteiger partial charge in [0.2, 0.25) is 5.91 Å². The van der Waals surface area contributed by atoms with Crippen LogP contribution in [0.5, 0.6) is 0 Å². The fraction of sp³-hybridized carbons (Fsp3) is 0.462. The van der Waals surface area contributed by atoms with E-state index >= 15 is 0 Å². The maximum Gasteiger partial charge on any atom is 0.238 e. The molecular weight excluding hydrogens is 294 g/mol. The van der Waals surface area contributed by atoms with Crippen LogP contribution in [0.1, 0.15) is 6.92 Å². The lowest BCUT2D eigenvalue weighted by Gasteiger charge is -2.33. The molecule has 1 aromatic carbocycles. The minimum absolute atomic E-state index is 0.0473. The molecule has 0 bridgehead atoms. The molecule has 0 unspecified atom stereocenters. The zero-order valence-electron chi connectivity index (χ0n) is 10.4. The number of nitrogens with zero attached hydrogens (tertiary/aromatic N) is 1. The molecule has 1 aliphatic rings. The van der Waals surface area contributed by atoms with Crippen molar-refractivity contribution in [2.75, 3.05) is 31.5 Å². The summed E-state index contributed by atoms with van der Waals surface area (Å²) in [7, 11) is 0. The standard InChI is InChI=1S/C13H18BrN3O/c1-10-8-15-6-7-17(10)9-13(18)16-12-4-2-11(14)3-5-12/h2-5,10,15H,6-9H2,1H3,(H,16,18)/t10-/m1/s1. The monoisotopic (exact) mass is 311 g/mol. The predicted octanol–water partition coefficient (Wildman–Crippen LogP) is 1.68. The average Bonchev–Trinajstić information content (AvgIpc) is 2.35. The van der Waals surface area contributed by atoms with Crippen LogP contribution in [0, 0.1) is 0 Å². The molecule has 1 fully saturated rings. The Bertz CT molecular complexity index is 407. The molecule has 1 aromatic rings. The Morgan fingerprint density at radius 2 is 2.22 bits per heavy atom. The van der Waals surface area contributed by atoms with E-state index in [0.717, 1.165) is 29.8 Å². The zero-order valence-corrected chi connectivity index (χ0v) is 12.0. The number of piperazine rings is 1. The first-order valence-electron chi connectivity index (χ1n) is 6.15. The van der Waals surface area contributed by atoms with Gasteiger partial charge < -0.3 is 10.6 Å². The van der Waals surface area contributed by atoms with Crippen molar-refractivity contribution in [3.63, 3.8) is 0 Å². The van der Waals surface area contributed by atoms with Gasteiger partial charge in [-0.3, -0.25) is 9.69 Å². The number of rotatable bonds is 3. The van der Waals surface area contributed by atoms with Crippen LogP contribution in [0.25, 0.3) is 0 Å². The van der Waals surface area contributed by atoms with Crippen LogP contribution >= 0.6 is 15.9 Å². The third kappa shape index (κ3) is 3.80. The number of hydrogen-bond donors (Lipinski definition) is 2. The summed E-state index contributed by atoms with van der Waals surface area (Å²) >= 11 is 3.37. The minimum Gasteiger partial charge on any atom is -0.325 e. The zero-order chi connectivity index (χ0) is 13.0. The highest BCUT2D eigenvalue weighted by Gasteiger charge is 2.20. The van der Waals surface area contributed by atoms with Crippen LogP contribution in [-0.4, -0.2) is 43.0 Å². The number of hydrogen-bond acceptors (Lipinski definition) is 3. The number of nitrogens with one attached hydrogen (secondary N) is 2. The number of anilines is 1. The summed E-state index contributed by atoms with van der Waals surface area (Å²) in [6.07, 6.45) is 0. The Balaban J connectivity index is 1.86. The maximum absolute atomic E-state index is 11.9. The molecule has 1 atom stereocenters. The highest BCUT2D eigenvalue weighted by Crippen LogP contribution is 2.14. The molecule has 2 rings (SSSR count). The summed E-state index contributed by atoms with van der Waals surface area (Å²) in [5.41, 5.74) is 0.839. The van der Waals surface area contributed by atoms with Crippen molar-refractivity contribution in [2.45, 2.75) is 13.0 Å². The largest absolute Gasteiger partial charge is 0.325 e. The lowest BCUT2D eigenvalue weighted by molar-refractivity contribution is -0.118. The minimum atomic E-state index is 0.0473. The van der Waals surface area contributed by atoms with E-state index in [1.807, 2.05) is 24.3 Å². The van der Waals surface area contributed by atoms with Gasteiger partial charge in [-0.2, -0.15) is 0 Å². The molecule has 5 heteroatoms. The molecule has 2 N–H and O–H groups in total. The Kier molecular flexibility index (Phi) is 4.74. The topological polar surface area (TPSA) is 44.4 Å². The van der Waals surface area contributed by atoms with Gasteiger partial charge in [0.05, 0.1) is 6.54 Å². The third-order valence-electron chi connectivity index (χ3n) is 3.11. The summed E-state index contributed by atoms with van der Waals surface area (Å²) in [5, 5.41) is 6.23. The molecular formula is C13H18BrN3O. The molecule has 1 amide bonds. The van der Waals surface area contributed by atoms with Crippen LogP contribution in [0.15, 0.2) is 28.7 Å². The Morgan fingerprint density at radius 1 is 1.50 bits per heavy atom. The van der Waals surface area contributed by atoms with Gasteiger partial charge >= 0.3 is 0 Å². The first-order chi connectivity index (χ1) is 8.65. The molecule has 1 saturated heterocycles. The smallest absolute Gasteiger partial charge is 0.238 e. The van der Waals surface area contributed by atoms with Crippen molar-refractivity contribution < 1.29 is 4.79 Å². The molecule has 4 nitrogen and oxygen atoms in total. The van der Waals surface area contributed by atoms with Gasteiger partial charge in [-0.05, 0) is 31.2 Å². The molecule has 0 aliphatic carbocycles. The molecule has 0 saturated carbocycles. The van der Waals surface area contributed by atoms with Gasteiger partial charge in [-0.25, -0.2) is 0 Å². The van der Waals surface area contributed by atoms with E-state index < -0.39 is 0 Å². The van der Waals surface area contributed by atoms with Gasteiger partial charge in [-0.1, -0.05) is 15.9 Å². The Hall–Kier alpha value is -0.910. The summed E-state index contributed by atoms with van der Waals surface area (Å²) in [6.45, 7) is 5.42.